The number of thiophene rings is 1. The summed E-state index contributed by atoms with van der Waals surface area (Å²) in [6.45, 7) is 9.36. The fraction of sp³-hybridized carbons (Fsp3) is 0.667. The van der Waals surface area contributed by atoms with Gasteiger partial charge in [0, 0.05) is 12.6 Å². The Morgan fingerprint density at radius 1 is 1.47 bits per heavy atom. The van der Waals surface area contributed by atoms with E-state index in [0.717, 1.165) is 5.56 Å². The summed E-state index contributed by atoms with van der Waals surface area (Å²) < 4.78 is 0. The van der Waals surface area contributed by atoms with Gasteiger partial charge in [0.25, 0.3) is 0 Å². The van der Waals surface area contributed by atoms with Crippen LogP contribution in [0.4, 0.5) is 0 Å². The molecule has 15 heavy (non-hydrogen) atoms. The Morgan fingerprint density at radius 2 is 2.13 bits per heavy atom. The van der Waals surface area contributed by atoms with E-state index in [1.165, 1.54) is 0 Å². The summed E-state index contributed by atoms with van der Waals surface area (Å²) in [5.41, 5.74) is 1.24. The van der Waals surface area contributed by atoms with Crippen LogP contribution in [0.15, 0.2) is 16.8 Å². The van der Waals surface area contributed by atoms with Gasteiger partial charge in [-0.05, 0) is 34.7 Å². The van der Waals surface area contributed by atoms with E-state index in [9.17, 15) is 5.11 Å². The van der Waals surface area contributed by atoms with E-state index in [4.69, 9.17) is 0 Å². The van der Waals surface area contributed by atoms with Crippen LogP contribution < -0.4 is 5.32 Å². The van der Waals surface area contributed by atoms with Crippen LogP contribution in [0.3, 0.4) is 0 Å². The normalized spacial score (nSPS) is 16.3. The summed E-state index contributed by atoms with van der Waals surface area (Å²) in [4.78, 5) is 0. The molecule has 1 aromatic rings. The average Bonchev–Trinajstić information content (AvgIpc) is 2.64. The third kappa shape index (κ3) is 3.93. The van der Waals surface area contributed by atoms with Gasteiger partial charge in [-0.2, -0.15) is 11.3 Å². The van der Waals surface area contributed by atoms with Gasteiger partial charge in [0.2, 0.25) is 0 Å². The number of rotatable bonds is 4. The van der Waals surface area contributed by atoms with Crippen LogP contribution in [0, 0.1) is 5.41 Å². The summed E-state index contributed by atoms with van der Waals surface area (Å²) in [6, 6.07) is 2.37. The minimum atomic E-state index is -0.388. The Balaban J connectivity index is 2.38. The second-order valence-corrected chi connectivity index (χ2v) is 5.85. The van der Waals surface area contributed by atoms with Crippen molar-refractivity contribution >= 4 is 11.3 Å². The van der Waals surface area contributed by atoms with E-state index in [1.54, 1.807) is 11.3 Å². The molecule has 0 aliphatic carbocycles. The molecule has 2 atom stereocenters. The number of aliphatic hydroxyl groups excluding tert-OH is 1. The Bertz CT molecular complexity index is 276. The zero-order valence-corrected chi connectivity index (χ0v) is 10.8. The van der Waals surface area contributed by atoms with Gasteiger partial charge < -0.3 is 10.4 Å². The van der Waals surface area contributed by atoms with Crippen LogP contribution in [-0.2, 0) is 0 Å². The SMILES string of the molecule is CC(NCC(O)c1ccsc1)C(C)(C)C. The fourth-order valence-corrected chi connectivity index (χ4v) is 1.88. The molecule has 0 saturated carbocycles. The molecule has 0 amide bonds. The average molecular weight is 227 g/mol. The van der Waals surface area contributed by atoms with Gasteiger partial charge in [-0.3, -0.25) is 0 Å². The van der Waals surface area contributed by atoms with E-state index >= 15 is 0 Å². The number of nitrogens with one attached hydrogen (secondary N) is 1. The largest absolute Gasteiger partial charge is 0.387 e. The first-order chi connectivity index (χ1) is 6.91. The summed E-state index contributed by atoms with van der Waals surface area (Å²) in [5, 5.41) is 17.2. The molecule has 86 valence electrons. The maximum absolute atomic E-state index is 9.87. The van der Waals surface area contributed by atoms with Crippen molar-refractivity contribution in [3.8, 4) is 0 Å². The zero-order chi connectivity index (χ0) is 11.5. The van der Waals surface area contributed by atoms with Gasteiger partial charge in [0.15, 0.2) is 0 Å². The van der Waals surface area contributed by atoms with Crippen molar-refractivity contribution in [3.05, 3.63) is 22.4 Å². The van der Waals surface area contributed by atoms with Crippen molar-refractivity contribution in [2.24, 2.45) is 5.41 Å². The lowest BCUT2D eigenvalue weighted by Crippen LogP contribution is -2.39. The maximum atomic E-state index is 9.87. The van der Waals surface area contributed by atoms with E-state index in [1.807, 2.05) is 16.8 Å². The highest BCUT2D eigenvalue weighted by Gasteiger charge is 2.20. The standard InChI is InChI=1S/C12H21NOS/c1-9(12(2,3)4)13-7-11(14)10-5-6-15-8-10/h5-6,8-9,11,13-14H,7H2,1-4H3. The summed E-state index contributed by atoms with van der Waals surface area (Å²) >= 11 is 1.62. The first kappa shape index (κ1) is 12.7. The minimum Gasteiger partial charge on any atom is -0.387 e. The summed E-state index contributed by atoms with van der Waals surface area (Å²) in [6.07, 6.45) is -0.388. The van der Waals surface area contributed by atoms with Crippen molar-refractivity contribution in [2.45, 2.75) is 39.8 Å². The van der Waals surface area contributed by atoms with Gasteiger partial charge in [0.05, 0.1) is 6.10 Å². The number of hydrogen-bond donors (Lipinski definition) is 2. The Morgan fingerprint density at radius 3 is 2.60 bits per heavy atom. The van der Waals surface area contributed by atoms with E-state index < -0.39 is 0 Å². The van der Waals surface area contributed by atoms with Gasteiger partial charge in [-0.25, -0.2) is 0 Å². The van der Waals surface area contributed by atoms with E-state index in [0.29, 0.717) is 12.6 Å². The van der Waals surface area contributed by atoms with Gasteiger partial charge >= 0.3 is 0 Å². The molecule has 1 heterocycles. The third-order valence-electron chi connectivity index (χ3n) is 2.84. The Kier molecular flexibility index (Phi) is 4.32. The molecule has 1 rings (SSSR count). The molecule has 0 aromatic carbocycles. The lowest BCUT2D eigenvalue weighted by molar-refractivity contribution is 0.158. The van der Waals surface area contributed by atoms with Crippen LogP contribution in [0.2, 0.25) is 0 Å². The first-order valence-electron chi connectivity index (χ1n) is 5.35. The molecule has 0 radical (unpaired) electrons. The van der Waals surface area contributed by atoms with Crippen LogP contribution >= 0.6 is 11.3 Å². The van der Waals surface area contributed by atoms with Crippen molar-refractivity contribution in [2.75, 3.05) is 6.54 Å². The third-order valence-corrected chi connectivity index (χ3v) is 3.55. The molecule has 2 nitrogen and oxygen atoms in total. The number of hydrogen-bond acceptors (Lipinski definition) is 3. The maximum Gasteiger partial charge on any atom is 0.0922 e. The lowest BCUT2D eigenvalue weighted by Gasteiger charge is -2.29. The molecule has 0 aliphatic rings. The van der Waals surface area contributed by atoms with Crippen molar-refractivity contribution < 1.29 is 5.11 Å². The molecule has 3 heteroatoms. The predicted octanol–water partition coefficient (Wildman–Crippen LogP) is 2.81. The molecule has 0 fully saturated rings. The fourth-order valence-electron chi connectivity index (χ4n) is 1.18. The first-order valence-corrected chi connectivity index (χ1v) is 6.29. The van der Waals surface area contributed by atoms with Crippen LogP contribution in [0.1, 0.15) is 39.4 Å². The predicted molar refractivity (Wildman–Crippen MR) is 66.2 cm³/mol. The molecule has 0 aliphatic heterocycles. The Hall–Kier alpha value is -0.380. The van der Waals surface area contributed by atoms with E-state index in [2.05, 4.69) is 33.0 Å². The highest BCUT2D eigenvalue weighted by molar-refractivity contribution is 7.07. The minimum absolute atomic E-state index is 0.231. The smallest absolute Gasteiger partial charge is 0.0922 e. The quantitative estimate of drug-likeness (QED) is 0.829. The molecule has 2 N–H and O–H groups in total. The topological polar surface area (TPSA) is 32.3 Å². The summed E-state index contributed by atoms with van der Waals surface area (Å²) in [5.74, 6) is 0. The van der Waals surface area contributed by atoms with E-state index in [-0.39, 0.29) is 11.5 Å². The van der Waals surface area contributed by atoms with Crippen molar-refractivity contribution in [3.63, 3.8) is 0 Å². The Labute approximate surface area is 96.3 Å². The highest BCUT2D eigenvalue weighted by atomic mass is 32.1. The number of aliphatic hydroxyl groups is 1. The van der Waals surface area contributed by atoms with Crippen LogP contribution in [-0.4, -0.2) is 17.7 Å². The highest BCUT2D eigenvalue weighted by Crippen LogP contribution is 2.20. The lowest BCUT2D eigenvalue weighted by atomic mass is 9.88. The van der Waals surface area contributed by atoms with Crippen molar-refractivity contribution in [1.82, 2.24) is 5.32 Å². The van der Waals surface area contributed by atoms with Crippen molar-refractivity contribution in [1.29, 1.82) is 0 Å². The second kappa shape index (κ2) is 5.10. The van der Waals surface area contributed by atoms with Crippen LogP contribution in [0.5, 0.6) is 0 Å². The molecule has 0 bridgehead atoms. The molecule has 0 saturated heterocycles. The molecule has 0 spiro atoms. The van der Waals surface area contributed by atoms with Gasteiger partial charge in [-0.1, -0.05) is 20.8 Å². The molecule has 1 aromatic heterocycles. The van der Waals surface area contributed by atoms with Gasteiger partial charge in [0.1, 0.15) is 0 Å². The molecular formula is C12H21NOS. The molecule has 2 unspecified atom stereocenters. The summed E-state index contributed by atoms with van der Waals surface area (Å²) in [7, 11) is 0. The zero-order valence-electron chi connectivity index (χ0n) is 9.95. The van der Waals surface area contributed by atoms with Crippen LogP contribution in [0.25, 0.3) is 0 Å². The second-order valence-electron chi connectivity index (χ2n) is 5.07. The van der Waals surface area contributed by atoms with Gasteiger partial charge in [-0.15, -0.1) is 0 Å². The molecular weight excluding hydrogens is 206 g/mol. The monoisotopic (exact) mass is 227 g/mol.